The van der Waals surface area contributed by atoms with Crippen LogP contribution in [-0.2, 0) is 61.9 Å². The number of carbonyl (C=O) groups excluding carboxylic acids is 5. The number of nitrogens with two attached hydrogens (primary N) is 1. The van der Waals surface area contributed by atoms with Crippen molar-refractivity contribution in [3.05, 3.63) is 168 Å². The number of nitrogens with one attached hydrogen (secondary N) is 1. The number of amides is 2. The third-order valence-electron chi connectivity index (χ3n) is 22.9. The summed E-state index contributed by atoms with van der Waals surface area (Å²) < 4.78 is 225. The first-order chi connectivity index (χ1) is 55.6. The molecule has 0 spiro atoms. The number of pyridine rings is 1. The van der Waals surface area contributed by atoms with Crippen LogP contribution in [0, 0.1) is 91.3 Å². The van der Waals surface area contributed by atoms with Gasteiger partial charge in [0.2, 0.25) is 29.1 Å². The van der Waals surface area contributed by atoms with E-state index in [1.807, 2.05) is 55.4 Å². The van der Waals surface area contributed by atoms with Gasteiger partial charge in [0.1, 0.15) is 11.8 Å². The molecule has 23 nitrogen and oxygen atoms in total. The van der Waals surface area contributed by atoms with Crippen molar-refractivity contribution in [2.24, 2.45) is 35.3 Å². The summed E-state index contributed by atoms with van der Waals surface area (Å²) in [6, 6.07) is 8.05. The summed E-state index contributed by atoms with van der Waals surface area (Å²) in [5.41, 5.74) is 3.02. The molecule has 5 aliphatic rings. The predicted octanol–water partition coefficient (Wildman–Crippen LogP) is 15.4. The summed E-state index contributed by atoms with van der Waals surface area (Å²) in [4.78, 5) is 75.8. The maximum absolute atomic E-state index is 14.5. The topological polar surface area (TPSA) is 305 Å². The standard InChI is InChI=1S/C21H23F2N3O4.C16H19F2IO4.C16H20F2O4.2C15H18F2O4/c1-10-15(12-5-6-13(22)16(23)17(12)29-4)18(30-21(10,2)3)20(28)26-11-7-8-25-14(9-11)19(24)27;1-7-10(14(15(20)22-5)23-16(7,2)3)8-6-9(19)11(17)12(18)13(8)21-4;1-8-11(14(15(19)21-5)22-16(8,2)3)9-6-7-10(17)12(18)13(9)20-4;1-7-10(13(14(18)19)21-15(7,2)3)8-5-6-9(16)11(17)12(8)20-4;1-7-10(8-5-6-9(16)11(17)12(8)18)13(14(19)20-4)21-15(7,2)3/h5-10,15,18H,1-4H3,(H2,24,27)(H,25,26,28);6-7,10,14H,1-5H3;6-8,11,14H,1-5H3;5-7,10,13H,1-4H3,(H,18,19);5-7,10,13,18H,1-4H3/t10-,15-,18+;7-,10-,14-;8-,11-,14-;7-,10-,13+;7-,10-,13-/m00000/s1/i6D;;7D;6D;. The molecule has 6 aromatic rings. The highest BCUT2D eigenvalue weighted by molar-refractivity contribution is 14.1. The molecule has 0 saturated carbocycles. The zero-order valence-electron chi connectivity index (χ0n) is 71.3. The van der Waals surface area contributed by atoms with Crippen molar-refractivity contribution in [3.8, 4) is 28.7 Å². The lowest BCUT2D eigenvalue weighted by molar-refractivity contribution is -0.157. The molecule has 6 heterocycles. The van der Waals surface area contributed by atoms with Gasteiger partial charge >= 0.3 is 23.9 Å². The van der Waals surface area contributed by atoms with Gasteiger partial charge in [0, 0.05) is 69.3 Å². The number of hydrogen-bond acceptors (Lipinski definition) is 20. The number of ether oxygens (including phenoxy) is 12. The average molecular weight is 1780 g/mol. The zero-order valence-corrected chi connectivity index (χ0v) is 70.4. The number of benzene rings is 5. The molecular formula is C83H98F10IN3O20. The molecule has 2 amide bonds. The number of primary amides is 1. The fraction of sp³-hybridized carbons (Fsp3) is 0.506. The first kappa shape index (κ1) is 90.2. The van der Waals surface area contributed by atoms with Crippen molar-refractivity contribution < 1.29 is 144 Å². The van der Waals surface area contributed by atoms with Crippen molar-refractivity contribution in [1.29, 1.82) is 0 Å². The molecule has 642 valence electrons. The van der Waals surface area contributed by atoms with Crippen molar-refractivity contribution in [1.82, 2.24) is 4.98 Å². The highest BCUT2D eigenvalue weighted by atomic mass is 127. The molecule has 15 atom stereocenters. The Bertz CT molecular complexity index is 4770. The number of aromatic hydroxyl groups is 1. The van der Waals surface area contributed by atoms with Crippen LogP contribution in [0.2, 0.25) is 0 Å². The summed E-state index contributed by atoms with van der Waals surface area (Å²) >= 11 is 1.72. The SMILES string of the molecule is COC(=O)[C@H]1OC(C)(C)[C@@H](C)[C@H]1c1cc(I)c(F)c(F)c1OC.COC(=O)[C@H]1OC(C)(C)[C@@H](C)[C@H]1c1ccc(F)c(F)c1O.[2H]c1cc([C@H]2[C@@H](C(=O)OC)OC(C)(C)[C@H]2C)c(OC)c(F)c1F.[2H]c1cc([C@H]2[C@H](C(=O)Nc3ccnc(C(N)=O)c3)OC(C)(C)[C@H]2C)c(OC)c(F)c1F.[2H]c1cc([C@H]2[C@H](C(=O)O)OC(C)(C)[C@H]2C)c(OC)c(F)c1F. The summed E-state index contributed by atoms with van der Waals surface area (Å²) in [5.74, 6) is -23.0. The van der Waals surface area contributed by atoms with E-state index in [0.717, 1.165) is 18.2 Å². The number of carboxylic acids is 1. The Kier molecular flexibility index (Phi) is 28.9. The number of carboxylic acid groups (broad SMARTS) is 1. The van der Waals surface area contributed by atoms with E-state index in [2.05, 4.69) is 10.3 Å². The Morgan fingerprint density at radius 3 is 1.09 bits per heavy atom. The molecule has 0 aliphatic carbocycles. The van der Waals surface area contributed by atoms with Crippen LogP contribution in [0.5, 0.6) is 28.7 Å². The van der Waals surface area contributed by atoms with Crippen LogP contribution in [0.4, 0.5) is 49.6 Å². The minimum Gasteiger partial charge on any atom is -0.505 e. The number of phenolic OH excluding ortho intramolecular Hbond substituents is 1. The van der Waals surface area contributed by atoms with E-state index in [0.29, 0.717) is 5.56 Å². The fourth-order valence-corrected chi connectivity index (χ4v) is 15.7. The van der Waals surface area contributed by atoms with Crippen molar-refractivity contribution >= 4 is 64.0 Å². The Morgan fingerprint density at radius 1 is 0.436 bits per heavy atom. The lowest BCUT2D eigenvalue weighted by Crippen LogP contribution is -2.33. The van der Waals surface area contributed by atoms with Gasteiger partial charge in [0.15, 0.2) is 82.2 Å². The van der Waals surface area contributed by atoms with Gasteiger partial charge in [-0.25, -0.2) is 41.1 Å². The van der Waals surface area contributed by atoms with Gasteiger partial charge in [0.05, 0.1) is 85.5 Å². The molecule has 5 N–H and O–H groups in total. The van der Waals surface area contributed by atoms with Crippen molar-refractivity contribution in [2.45, 2.75) is 192 Å². The minimum absolute atomic E-state index is 0.0310. The van der Waals surface area contributed by atoms with E-state index in [1.54, 1.807) is 71.1 Å². The predicted molar refractivity (Wildman–Crippen MR) is 412 cm³/mol. The monoisotopic (exact) mass is 1780 g/mol. The number of aliphatic carboxylic acids is 1. The second-order valence-electron chi connectivity index (χ2n) is 31.1. The van der Waals surface area contributed by atoms with E-state index >= 15 is 0 Å². The average Bonchev–Trinajstić information content (AvgIpc) is 1.58. The molecule has 0 unspecified atom stereocenters. The van der Waals surface area contributed by atoms with E-state index in [1.165, 1.54) is 86.3 Å². The second kappa shape index (κ2) is 37.5. The third kappa shape index (κ3) is 19.5. The van der Waals surface area contributed by atoms with Crippen LogP contribution < -0.4 is 30.0 Å². The highest BCUT2D eigenvalue weighted by Crippen LogP contribution is 2.55. The Balaban J connectivity index is 0.000000208. The number of esters is 3. The molecule has 5 saturated heterocycles. The van der Waals surface area contributed by atoms with Crippen LogP contribution in [-0.4, -0.2) is 159 Å². The maximum atomic E-state index is 14.5. The summed E-state index contributed by atoms with van der Waals surface area (Å²) in [5, 5.41) is 21.9. The van der Waals surface area contributed by atoms with E-state index in [9.17, 15) is 82.9 Å². The van der Waals surface area contributed by atoms with E-state index < -0.39 is 206 Å². The fourth-order valence-electron chi connectivity index (χ4n) is 15.1. The molecule has 0 radical (unpaired) electrons. The zero-order chi connectivity index (χ0) is 90.9. The molecular weight excluding hydrogens is 1680 g/mol. The highest BCUT2D eigenvalue weighted by Gasteiger charge is 2.57. The van der Waals surface area contributed by atoms with Crippen LogP contribution >= 0.6 is 22.6 Å². The Morgan fingerprint density at radius 2 is 0.752 bits per heavy atom. The van der Waals surface area contributed by atoms with Gasteiger partial charge in [-0.2, -0.15) is 22.0 Å². The van der Waals surface area contributed by atoms with Crippen LogP contribution in [0.3, 0.4) is 0 Å². The molecule has 117 heavy (non-hydrogen) atoms. The number of nitrogens with zero attached hydrogens (tertiary/aromatic N) is 1. The summed E-state index contributed by atoms with van der Waals surface area (Å²) in [6.45, 7) is 27.1. The molecule has 1 aromatic heterocycles. The number of phenols is 1. The van der Waals surface area contributed by atoms with Crippen LogP contribution in [0.25, 0.3) is 0 Å². The first-order valence-electron chi connectivity index (χ1n) is 38.0. The van der Waals surface area contributed by atoms with Gasteiger partial charge in [-0.15, -0.1) is 0 Å². The number of methoxy groups -OCH3 is 7. The normalized spacial score (nSPS) is 26.2. The molecule has 5 aliphatic heterocycles. The van der Waals surface area contributed by atoms with Crippen molar-refractivity contribution in [2.75, 3.05) is 55.1 Å². The first-order valence-corrected chi connectivity index (χ1v) is 37.6. The van der Waals surface area contributed by atoms with E-state index in [-0.39, 0.29) is 89.8 Å². The Hall–Kier alpha value is -9.10. The smallest absolute Gasteiger partial charge is 0.335 e. The number of carbonyl (C=O) groups is 6. The molecule has 5 fully saturated rings. The van der Waals surface area contributed by atoms with Gasteiger partial charge in [0.25, 0.3) is 11.8 Å². The van der Waals surface area contributed by atoms with Gasteiger partial charge in [-0.05, 0) is 164 Å². The lowest BCUT2D eigenvalue weighted by Gasteiger charge is -2.26. The molecule has 0 bridgehead atoms. The number of anilines is 1. The second-order valence-corrected chi connectivity index (χ2v) is 32.3. The van der Waals surface area contributed by atoms with E-state index in [4.69, 9.17) is 66.7 Å². The largest absolute Gasteiger partial charge is 0.505 e. The maximum Gasteiger partial charge on any atom is 0.335 e. The molecule has 11 rings (SSSR count). The van der Waals surface area contributed by atoms with Gasteiger partial charge in [-0.3, -0.25) is 14.6 Å². The summed E-state index contributed by atoms with van der Waals surface area (Å²) in [7, 11) is 8.57. The molecule has 34 heteroatoms. The minimum atomic E-state index is -1.33. The van der Waals surface area contributed by atoms with Gasteiger partial charge in [-0.1, -0.05) is 58.9 Å². The lowest BCUT2D eigenvalue weighted by atomic mass is 9.78. The summed E-state index contributed by atoms with van der Waals surface area (Å²) in [6.07, 6.45) is -3.87. The number of hydrogen-bond donors (Lipinski definition) is 4. The van der Waals surface area contributed by atoms with Crippen molar-refractivity contribution in [3.63, 3.8) is 0 Å². The number of rotatable bonds is 16. The van der Waals surface area contributed by atoms with Crippen LogP contribution in [0.1, 0.15) is 176 Å². The van der Waals surface area contributed by atoms with Crippen LogP contribution in [0.15, 0.2) is 72.9 Å². The Labute approximate surface area is 688 Å². The molecule has 5 aromatic carbocycles. The third-order valence-corrected chi connectivity index (χ3v) is 23.7. The number of aromatic nitrogens is 1. The quantitative estimate of drug-likeness (QED) is 0.0230. The van der Waals surface area contributed by atoms with Gasteiger partial charge < -0.3 is 78.1 Å². The number of halogens is 11.